The Bertz CT molecular complexity index is 587. The number of nitrogen functional groups attached to an aromatic ring is 1. The molecular weight excluding hydrogens is 246 g/mol. The predicted molar refractivity (Wildman–Crippen MR) is 72.2 cm³/mol. The van der Waals surface area contributed by atoms with Crippen LogP contribution in [0.3, 0.4) is 0 Å². The fourth-order valence-electron chi connectivity index (χ4n) is 1.62. The van der Waals surface area contributed by atoms with Crippen molar-refractivity contribution in [2.75, 3.05) is 11.2 Å². The maximum Gasteiger partial charge on any atom is 0.162 e. The number of hydrogen-bond acceptors (Lipinski definition) is 4. The van der Waals surface area contributed by atoms with Crippen molar-refractivity contribution in [2.45, 2.75) is 6.61 Å². The molecule has 0 saturated heterocycles. The van der Waals surface area contributed by atoms with Crippen molar-refractivity contribution < 1.29 is 9.77 Å². The van der Waals surface area contributed by atoms with E-state index in [0.29, 0.717) is 22.7 Å². The average molecular weight is 259 g/mol. The molecule has 0 saturated carbocycles. The standard InChI is InChI=1S/C13H13N3O3/c14-11-5-3-6-12(8-11)19-9-10-4-1-2-7-13(10)15-16(17)18/h1-8,15H,9,14H2. The summed E-state index contributed by atoms with van der Waals surface area (Å²) in [5.41, 5.74) is 9.50. The van der Waals surface area contributed by atoms with E-state index in [4.69, 9.17) is 10.5 Å². The normalized spacial score (nSPS) is 9.89. The lowest BCUT2D eigenvalue weighted by atomic mass is 10.2. The molecule has 0 fully saturated rings. The minimum absolute atomic E-state index is 0.223. The van der Waals surface area contributed by atoms with E-state index in [2.05, 4.69) is 5.43 Å². The average Bonchev–Trinajstić information content (AvgIpc) is 2.37. The summed E-state index contributed by atoms with van der Waals surface area (Å²) in [5, 5.41) is 9.88. The number of nitro groups is 1. The van der Waals surface area contributed by atoms with Gasteiger partial charge in [-0.15, -0.1) is 5.43 Å². The lowest BCUT2D eigenvalue weighted by Crippen LogP contribution is -2.10. The summed E-state index contributed by atoms with van der Waals surface area (Å²) >= 11 is 0. The Morgan fingerprint density at radius 1 is 1.21 bits per heavy atom. The molecule has 98 valence electrons. The van der Waals surface area contributed by atoms with Crippen LogP contribution in [0.2, 0.25) is 0 Å². The van der Waals surface area contributed by atoms with Crippen LogP contribution in [-0.4, -0.2) is 5.03 Å². The van der Waals surface area contributed by atoms with Gasteiger partial charge in [0, 0.05) is 17.3 Å². The number of para-hydroxylation sites is 1. The van der Waals surface area contributed by atoms with Crippen molar-refractivity contribution in [3.05, 3.63) is 64.2 Å². The second-order valence-corrected chi connectivity index (χ2v) is 3.89. The molecule has 0 radical (unpaired) electrons. The Hall–Kier alpha value is -2.76. The number of benzene rings is 2. The van der Waals surface area contributed by atoms with Crippen molar-refractivity contribution in [1.29, 1.82) is 0 Å². The van der Waals surface area contributed by atoms with Gasteiger partial charge in [0.15, 0.2) is 5.03 Å². The number of ether oxygens (including phenoxy) is 1. The highest BCUT2D eigenvalue weighted by molar-refractivity contribution is 5.49. The van der Waals surface area contributed by atoms with E-state index in [0.717, 1.165) is 0 Å². The van der Waals surface area contributed by atoms with E-state index in [1.165, 1.54) is 0 Å². The van der Waals surface area contributed by atoms with Gasteiger partial charge in [-0.25, -0.2) is 10.1 Å². The molecule has 0 bridgehead atoms. The summed E-state index contributed by atoms with van der Waals surface area (Å²) in [6.45, 7) is 0.223. The molecule has 3 N–H and O–H groups in total. The van der Waals surface area contributed by atoms with E-state index >= 15 is 0 Å². The van der Waals surface area contributed by atoms with Gasteiger partial charge in [-0.3, -0.25) is 0 Å². The summed E-state index contributed by atoms with van der Waals surface area (Å²) in [6.07, 6.45) is 0. The van der Waals surface area contributed by atoms with Gasteiger partial charge >= 0.3 is 0 Å². The van der Waals surface area contributed by atoms with E-state index < -0.39 is 5.03 Å². The van der Waals surface area contributed by atoms with E-state index in [-0.39, 0.29) is 6.61 Å². The van der Waals surface area contributed by atoms with Crippen molar-refractivity contribution in [3.63, 3.8) is 0 Å². The van der Waals surface area contributed by atoms with Gasteiger partial charge < -0.3 is 10.5 Å². The molecule has 0 aliphatic carbocycles. The zero-order chi connectivity index (χ0) is 13.7. The number of nitrogens with two attached hydrogens (primary N) is 1. The molecule has 6 nitrogen and oxygen atoms in total. The first-order valence-electron chi connectivity index (χ1n) is 5.62. The smallest absolute Gasteiger partial charge is 0.162 e. The molecule has 0 atom stereocenters. The molecule has 0 aliphatic heterocycles. The summed E-state index contributed by atoms with van der Waals surface area (Å²) in [4.78, 5) is 10.5. The van der Waals surface area contributed by atoms with Crippen molar-refractivity contribution in [3.8, 4) is 5.75 Å². The first kappa shape index (κ1) is 12.7. The van der Waals surface area contributed by atoms with Gasteiger partial charge in [-0.05, 0) is 18.2 Å². The first-order valence-corrected chi connectivity index (χ1v) is 5.62. The number of hydrogen-bond donors (Lipinski definition) is 2. The largest absolute Gasteiger partial charge is 0.489 e. The van der Waals surface area contributed by atoms with E-state index in [1.807, 2.05) is 0 Å². The van der Waals surface area contributed by atoms with E-state index in [9.17, 15) is 10.1 Å². The van der Waals surface area contributed by atoms with Crippen LogP contribution in [0.5, 0.6) is 5.75 Å². The maximum absolute atomic E-state index is 10.5. The Kier molecular flexibility index (Phi) is 3.82. The summed E-state index contributed by atoms with van der Waals surface area (Å²) in [5.74, 6) is 0.621. The van der Waals surface area contributed by atoms with Crippen LogP contribution in [-0.2, 0) is 6.61 Å². The number of hydrazine groups is 1. The zero-order valence-corrected chi connectivity index (χ0v) is 10.1. The Morgan fingerprint density at radius 3 is 2.74 bits per heavy atom. The SMILES string of the molecule is Nc1cccc(OCc2ccccc2N[N+](=O)[O-])c1. The molecule has 0 unspecified atom stereocenters. The quantitative estimate of drug-likeness (QED) is 0.489. The Balaban J connectivity index is 2.09. The van der Waals surface area contributed by atoms with Crippen LogP contribution < -0.4 is 15.9 Å². The molecule has 0 aromatic heterocycles. The summed E-state index contributed by atoms with van der Waals surface area (Å²) in [6, 6.07) is 13.9. The second-order valence-electron chi connectivity index (χ2n) is 3.89. The van der Waals surface area contributed by atoms with Crippen LogP contribution >= 0.6 is 0 Å². The van der Waals surface area contributed by atoms with Gasteiger partial charge in [-0.1, -0.05) is 24.3 Å². The highest BCUT2D eigenvalue weighted by Gasteiger charge is 2.06. The van der Waals surface area contributed by atoms with Gasteiger partial charge in [0.05, 0.1) is 0 Å². The zero-order valence-electron chi connectivity index (χ0n) is 10.1. The maximum atomic E-state index is 10.5. The predicted octanol–water partition coefficient (Wildman–Crippen LogP) is 2.45. The van der Waals surface area contributed by atoms with Crippen LogP contribution in [0.15, 0.2) is 48.5 Å². The third-order valence-electron chi connectivity index (χ3n) is 2.48. The molecule has 0 aliphatic rings. The summed E-state index contributed by atoms with van der Waals surface area (Å²) in [7, 11) is 0. The summed E-state index contributed by atoms with van der Waals surface area (Å²) < 4.78 is 5.55. The highest BCUT2D eigenvalue weighted by Crippen LogP contribution is 2.20. The molecule has 19 heavy (non-hydrogen) atoms. The van der Waals surface area contributed by atoms with E-state index in [1.54, 1.807) is 48.5 Å². The lowest BCUT2D eigenvalue weighted by molar-refractivity contribution is -0.445. The minimum atomic E-state index is -0.598. The highest BCUT2D eigenvalue weighted by atomic mass is 16.7. The molecule has 2 aromatic carbocycles. The molecule has 0 amide bonds. The topological polar surface area (TPSA) is 90.4 Å². The fraction of sp³-hybridized carbons (Fsp3) is 0.0769. The number of nitrogens with zero attached hydrogens (tertiary/aromatic N) is 1. The molecule has 2 rings (SSSR count). The third kappa shape index (κ3) is 3.60. The van der Waals surface area contributed by atoms with Gasteiger partial charge in [0.1, 0.15) is 18.0 Å². The van der Waals surface area contributed by atoms with Crippen molar-refractivity contribution >= 4 is 11.4 Å². The monoisotopic (exact) mass is 259 g/mol. The molecule has 0 heterocycles. The van der Waals surface area contributed by atoms with Gasteiger partial charge in [0.2, 0.25) is 0 Å². The van der Waals surface area contributed by atoms with Crippen molar-refractivity contribution in [1.82, 2.24) is 0 Å². The number of anilines is 2. The molecule has 0 spiro atoms. The molecule has 2 aromatic rings. The van der Waals surface area contributed by atoms with Crippen molar-refractivity contribution in [2.24, 2.45) is 0 Å². The lowest BCUT2D eigenvalue weighted by Gasteiger charge is -2.09. The molecular formula is C13H13N3O3. The molecule has 6 heteroatoms. The minimum Gasteiger partial charge on any atom is -0.489 e. The Morgan fingerprint density at radius 2 is 2.00 bits per heavy atom. The number of rotatable bonds is 5. The van der Waals surface area contributed by atoms with Crippen LogP contribution in [0, 0.1) is 10.1 Å². The second kappa shape index (κ2) is 5.72. The number of nitrogens with one attached hydrogen (secondary N) is 1. The third-order valence-corrected chi connectivity index (χ3v) is 2.48. The van der Waals surface area contributed by atoms with Crippen LogP contribution in [0.25, 0.3) is 0 Å². The van der Waals surface area contributed by atoms with Crippen LogP contribution in [0.4, 0.5) is 11.4 Å². The van der Waals surface area contributed by atoms with Gasteiger partial charge in [-0.2, -0.15) is 0 Å². The first-order chi connectivity index (χ1) is 9.15. The fourth-order valence-corrected chi connectivity index (χ4v) is 1.62. The van der Waals surface area contributed by atoms with Crippen LogP contribution in [0.1, 0.15) is 5.56 Å². The Labute approximate surface area is 109 Å². The van der Waals surface area contributed by atoms with Gasteiger partial charge in [0.25, 0.3) is 0 Å².